The minimum absolute atomic E-state index is 0.123. The van der Waals surface area contributed by atoms with Gasteiger partial charge in [0.05, 0.1) is 0 Å². The van der Waals surface area contributed by atoms with Gasteiger partial charge in [-0.05, 0) is 26.1 Å². The number of amides is 1. The average molecular weight is 223 g/mol. The fraction of sp³-hybridized carbons (Fsp3) is 0.455. The monoisotopic (exact) mass is 223 g/mol. The number of rotatable bonds is 5. The molecule has 1 aromatic heterocycles. The van der Waals surface area contributed by atoms with Crippen LogP contribution in [0.5, 0.6) is 0 Å². The Morgan fingerprint density at radius 3 is 2.94 bits per heavy atom. The highest BCUT2D eigenvalue weighted by molar-refractivity contribution is 5.93. The van der Waals surface area contributed by atoms with Gasteiger partial charge < -0.3 is 15.2 Å². The van der Waals surface area contributed by atoms with Crippen LogP contribution in [0.2, 0.25) is 0 Å². The summed E-state index contributed by atoms with van der Waals surface area (Å²) in [6.45, 7) is 1.54. The van der Waals surface area contributed by atoms with Gasteiger partial charge in [0.2, 0.25) is 5.56 Å². The molecule has 0 unspecified atom stereocenters. The molecule has 5 heteroatoms. The van der Waals surface area contributed by atoms with Gasteiger partial charge in [0.15, 0.2) is 0 Å². The Hall–Kier alpha value is -1.62. The number of hydrogen-bond donors (Lipinski definition) is 2. The van der Waals surface area contributed by atoms with Crippen LogP contribution < -0.4 is 10.9 Å². The lowest BCUT2D eigenvalue weighted by Crippen LogP contribution is -2.30. The summed E-state index contributed by atoms with van der Waals surface area (Å²) in [4.78, 5) is 27.0. The summed E-state index contributed by atoms with van der Waals surface area (Å²) in [5.74, 6) is -0.123. The maximum absolute atomic E-state index is 11.8. The predicted octanol–water partition coefficient (Wildman–Crippen LogP) is 0.0564. The molecule has 16 heavy (non-hydrogen) atoms. The first-order chi connectivity index (χ1) is 7.65. The number of nitrogens with one attached hydrogen (secondary N) is 2. The number of pyridine rings is 1. The predicted molar refractivity (Wildman–Crippen MR) is 62.6 cm³/mol. The van der Waals surface area contributed by atoms with Crippen LogP contribution in [0.15, 0.2) is 23.1 Å². The van der Waals surface area contributed by atoms with E-state index in [1.165, 1.54) is 12.3 Å². The van der Waals surface area contributed by atoms with Crippen LogP contribution in [-0.2, 0) is 0 Å². The molecule has 0 fully saturated rings. The molecule has 0 atom stereocenters. The third kappa shape index (κ3) is 3.51. The topological polar surface area (TPSA) is 65.2 Å². The summed E-state index contributed by atoms with van der Waals surface area (Å²) in [6, 6.07) is 2.93. The van der Waals surface area contributed by atoms with Gasteiger partial charge >= 0.3 is 0 Å². The lowest BCUT2D eigenvalue weighted by Gasteiger charge is -2.16. The molecule has 1 aromatic rings. The van der Waals surface area contributed by atoms with Gasteiger partial charge in [-0.3, -0.25) is 9.59 Å². The highest BCUT2D eigenvalue weighted by Gasteiger charge is 2.10. The summed E-state index contributed by atoms with van der Waals surface area (Å²) in [7, 11) is 3.61. The molecule has 0 radical (unpaired) electrons. The van der Waals surface area contributed by atoms with Gasteiger partial charge in [-0.15, -0.1) is 0 Å². The summed E-state index contributed by atoms with van der Waals surface area (Å²) in [5, 5.41) is 3.02. The van der Waals surface area contributed by atoms with E-state index in [0.29, 0.717) is 12.1 Å². The molecule has 88 valence electrons. The van der Waals surface area contributed by atoms with Crippen LogP contribution in [0.4, 0.5) is 0 Å². The molecule has 1 heterocycles. The van der Waals surface area contributed by atoms with E-state index in [4.69, 9.17) is 0 Å². The Bertz CT molecular complexity index is 400. The van der Waals surface area contributed by atoms with E-state index in [2.05, 4.69) is 10.3 Å². The second-order valence-electron chi connectivity index (χ2n) is 3.63. The quantitative estimate of drug-likeness (QED) is 0.694. The Labute approximate surface area is 94.5 Å². The molecule has 2 N–H and O–H groups in total. The fourth-order valence-corrected chi connectivity index (χ4v) is 1.39. The smallest absolute Gasteiger partial charge is 0.253 e. The Morgan fingerprint density at radius 1 is 1.56 bits per heavy atom. The Kier molecular flexibility index (Phi) is 4.72. The number of aromatic amines is 1. The zero-order valence-corrected chi connectivity index (χ0v) is 9.62. The third-order valence-electron chi connectivity index (χ3n) is 2.29. The van der Waals surface area contributed by atoms with Crippen molar-refractivity contribution >= 4 is 5.91 Å². The zero-order chi connectivity index (χ0) is 12.0. The standard InChI is InChI=1S/C11H17N3O2/c1-12-5-3-7-14(2)11(16)9-4-6-13-10(15)8-9/h4,6,8,12H,3,5,7H2,1-2H3,(H,13,15). The molecular formula is C11H17N3O2. The summed E-state index contributed by atoms with van der Waals surface area (Å²) in [5.41, 5.74) is 0.171. The highest BCUT2D eigenvalue weighted by atomic mass is 16.2. The Morgan fingerprint density at radius 2 is 2.31 bits per heavy atom. The van der Waals surface area contributed by atoms with Crippen LogP contribution in [0, 0.1) is 0 Å². The number of nitrogens with zero attached hydrogens (tertiary/aromatic N) is 1. The van der Waals surface area contributed by atoms with E-state index in [1.54, 1.807) is 18.0 Å². The second-order valence-corrected chi connectivity index (χ2v) is 3.63. The minimum Gasteiger partial charge on any atom is -0.342 e. The molecule has 0 spiro atoms. The molecule has 1 amide bonds. The molecule has 0 aliphatic heterocycles. The highest BCUT2D eigenvalue weighted by Crippen LogP contribution is 2.00. The van der Waals surface area contributed by atoms with Gasteiger partial charge in [-0.25, -0.2) is 0 Å². The molecule has 0 aromatic carbocycles. The van der Waals surface area contributed by atoms with Gasteiger partial charge in [0.1, 0.15) is 0 Å². The van der Waals surface area contributed by atoms with E-state index < -0.39 is 0 Å². The molecule has 5 nitrogen and oxygen atoms in total. The number of hydrogen-bond acceptors (Lipinski definition) is 3. The molecule has 1 rings (SSSR count). The van der Waals surface area contributed by atoms with Gasteiger partial charge in [-0.2, -0.15) is 0 Å². The molecule has 0 aliphatic carbocycles. The lowest BCUT2D eigenvalue weighted by molar-refractivity contribution is 0.0793. The minimum atomic E-state index is -0.255. The molecule has 0 saturated carbocycles. The van der Waals surface area contributed by atoms with Crippen molar-refractivity contribution in [3.05, 3.63) is 34.2 Å². The van der Waals surface area contributed by atoms with Crippen LogP contribution in [0.3, 0.4) is 0 Å². The van der Waals surface area contributed by atoms with Gasteiger partial charge in [0, 0.05) is 31.4 Å². The second kappa shape index (κ2) is 6.07. The summed E-state index contributed by atoms with van der Waals surface area (Å²) >= 11 is 0. The average Bonchev–Trinajstić information content (AvgIpc) is 2.28. The molecule has 0 saturated heterocycles. The maximum Gasteiger partial charge on any atom is 0.253 e. The third-order valence-corrected chi connectivity index (χ3v) is 2.29. The van der Waals surface area contributed by atoms with E-state index in [1.807, 2.05) is 7.05 Å². The van der Waals surface area contributed by atoms with Crippen LogP contribution in [-0.4, -0.2) is 43.0 Å². The van der Waals surface area contributed by atoms with Crippen molar-refractivity contribution in [1.82, 2.24) is 15.2 Å². The number of H-pyrrole nitrogens is 1. The first kappa shape index (κ1) is 12.4. The van der Waals surface area contributed by atoms with Crippen molar-refractivity contribution in [2.45, 2.75) is 6.42 Å². The van der Waals surface area contributed by atoms with Crippen LogP contribution in [0.25, 0.3) is 0 Å². The van der Waals surface area contributed by atoms with Crippen molar-refractivity contribution in [3.63, 3.8) is 0 Å². The number of carbonyl (C=O) groups is 1. The van der Waals surface area contributed by atoms with Crippen molar-refractivity contribution in [3.8, 4) is 0 Å². The van der Waals surface area contributed by atoms with Crippen molar-refractivity contribution in [1.29, 1.82) is 0 Å². The first-order valence-corrected chi connectivity index (χ1v) is 5.24. The normalized spacial score (nSPS) is 10.1. The van der Waals surface area contributed by atoms with Crippen molar-refractivity contribution in [2.75, 3.05) is 27.2 Å². The first-order valence-electron chi connectivity index (χ1n) is 5.24. The van der Waals surface area contributed by atoms with E-state index in [-0.39, 0.29) is 11.5 Å². The molecular weight excluding hydrogens is 206 g/mol. The van der Waals surface area contributed by atoms with E-state index >= 15 is 0 Å². The number of carbonyl (C=O) groups excluding carboxylic acids is 1. The maximum atomic E-state index is 11.8. The van der Waals surface area contributed by atoms with E-state index in [0.717, 1.165) is 13.0 Å². The SMILES string of the molecule is CNCCCN(C)C(=O)c1cc[nH]c(=O)c1. The largest absolute Gasteiger partial charge is 0.342 e. The zero-order valence-electron chi connectivity index (χ0n) is 9.62. The summed E-state index contributed by atoms with van der Waals surface area (Å²) in [6.07, 6.45) is 2.37. The van der Waals surface area contributed by atoms with Crippen molar-refractivity contribution < 1.29 is 4.79 Å². The van der Waals surface area contributed by atoms with Gasteiger partial charge in [0.25, 0.3) is 5.91 Å². The summed E-state index contributed by atoms with van der Waals surface area (Å²) < 4.78 is 0. The molecule has 0 aliphatic rings. The lowest BCUT2D eigenvalue weighted by atomic mass is 10.2. The van der Waals surface area contributed by atoms with Crippen LogP contribution >= 0.6 is 0 Å². The number of aromatic nitrogens is 1. The Balaban J connectivity index is 2.60. The van der Waals surface area contributed by atoms with E-state index in [9.17, 15) is 9.59 Å². The van der Waals surface area contributed by atoms with Gasteiger partial charge in [-0.1, -0.05) is 0 Å². The fourth-order valence-electron chi connectivity index (χ4n) is 1.39. The van der Waals surface area contributed by atoms with Crippen LogP contribution in [0.1, 0.15) is 16.8 Å². The van der Waals surface area contributed by atoms with Crippen molar-refractivity contribution in [2.24, 2.45) is 0 Å². The molecule has 0 bridgehead atoms.